The minimum absolute atomic E-state index is 0.213. The van der Waals surface area contributed by atoms with Crippen molar-refractivity contribution in [2.45, 2.75) is 19.8 Å². The topological polar surface area (TPSA) is 109 Å². The second-order valence-electron chi connectivity index (χ2n) is 6.34. The number of carbonyl (C=O) groups excluding carboxylic acids is 3. The summed E-state index contributed by atoms with van der Waals surface area (Å²) in [6.45, 7) is 2.22. The minimum Gasteiger partial charge on any atom is -0.484 e. The van der Waals surface area contributed by atoms with E-state index in [9.17, 15) is 14.4 Å². The van der Waals surface area contributed by atoms with Crippen molar-refractivity contribution in [2.75, 3.05) is 18.5 Å². The Hall–Kier alpha value is -3.10. The van der Waals surface area contributed by atoms with E-state index in [2.05, 4.69) is 21.2 Å². The Kier molecular flexibility index (Phi) is 9.80. The summed E-state index contributed by atoms with van der Waals surface area (Å²) in [6.07, 6.45) is 3.10. The number of halogens is 2. The third kappa shape index (κ3) is 8.65. The summed E-state index contributed by atoms with van der Waals surface area (Å²) < 4.78 is 5.43. The number of anilines is 1. The first-order valence-electron chi connectivity index (χ1n) is 9.48. The average molecular weight is 465 g/mol. The molecule has 0 aliphatic heterocycles. The van der Waals surface area contributed by atoms with Gasteiger partial charge in [0.05, 0.1) is 16.9 Å². The lowest BCUT2D eigenvalue weighted by Crippen LogP contribution is -2.38. The van der Waals surface area contributed by atoms with Crippen molar-refractivity contribution in [3.05, 3.63) is 58.1 Å². The summed E-state index contributed by atoms with van der Waals surface area (Å²) in [6, 6.07) is 11.4. The number of benzene rings is 2. The van der Waals surface area contributed by atoms with Gasteiger partial charge in [0.2, 0.25) is 0 Å². The van der Waals surface area contributed by atoms with Gasteiger partial charge in [0.15, 0.2) is 6.61 Å². The molecule has 0 fully saturated rings. The van der Waals surface area contributed by atoms with Crippen LogP contribution in [0.25, 0.3) is 0 Å². The van der Waals surface area contributed by atoms with Gasteiger partial charge in [0.1, 0.15) is 5.75 Å². The van der Waals surface area contributed by atoms with E-state index in [0.29, 0.717) is 33.6 Å². The zero-order valence-corrected chi connectivity index (χ0v) is 18.3. The summed E-state index contributed by atoms with van der Waals surface area (Å²) in [4.78, 5) is 35.1. The van der Waals surface area contributed by atoms with Gasteiger partial charge in [0, 0.05) is 11.6 Å². The van der Waals surface area contributed by atoms with Gasteiger partial charge < -0.3 is 15.4 Å². The van der Waals surface area contributed by atoms with Crippen molar-refractivity contribution in [3.8, 4) is 5.75 Å². The summed E-state index contributed by atoms with van der Waals surface area (Å²) in [7, 11) is 0. The molecule has 0 atom stereocenters. The number of ether oxygens (including phenoxy) is 1. The largest absolute Gasteiger partial charge is 0.484 e. The van der Waals surface area contributed by atoms with E-state index in [1.54, 1.807) is 36.4 Å². The van der Waals surface area contributed by atoms with E-state index < -0.39 is 11.8 Å². The Morgan fingerprint density at radius 2 is 1.81 bits per heavy atom. The third-order valence-corrected chi connectivity index (χ3v) is 4.40. The van der Waals surface area contributed by atoms with Crippen molar-refractivity contribution >= 4 is 52.8 Å². The molecule has 164 valence electrons. The van der Waals surface area contributed by atoms with Crippen molar-refractivity contribution < 1.29 is 19.1 Å². The molecule has 0 saturated carbocycles. The SMILES string of the molecule is CCCCNC(=O)C(=O)N/N=C\c1ccc(OCC(=O)Nc2ccc(Cl)cc2Cl)cc1. The van der Waals surface area contributed by atoms with Crippen LogP contribution in [0.3, 0.4) is 0 Å². The first kappa shape index (κ1) is 24.2. The van der Waals surface area contributed by atoms with Crippen molar-refractivity contribution in [2.24, 2.45) is 5.10 Å². The molecule has 0 bridgehead atoms. The number of unbranched alkanes of at least 4 members (excludes halogenated alkanes) is 1. The number of nitrogens with zero attached hydrogens (tertiary/aromatic N) is 1. The molecule has 3 N–H and O–H groups in total. The molecule has 0 aliphatic carbocycles. The number of carbonyl (C=O) groups is 3. The molecule has 2 aromatic carbocycles. The van der Waals surface area contributed by atoms with E-state index in [0.717, 1.165) is 12.8 Å². The summed E-state index contributed by atoms with van der Waals surface area (Å²) >= 11 is 11.8. The number of hydrazone groups is 1. The summed E-state index contributed by atoms with van der Waals surface area (Å²) in [5.74, 6) is -1.48. The van der Waals surface area contributed by atoms with Crippen LogP contribution in [0.5, 0.6) is 5.75 Å². The Labute approximate surface area is 189 Å². The molecular weight excluding hydrogens is 443 g/mol. The highest BCUT2D eigenvalue weighted by Crippen LogP contribution is 2.25. The van der Waals surface area contributed by atoms with Crippen LogP contribution in [-0.2, 0) is 14.4 Å². The van der Waals surface area contributed by atoms with Gasteiger partial charge in [-0.25, -0.2) is 5.43 Å². The van der Waals surface area contributed by atoms with Gasteiger partial charge in [-0.05, 0) is 54.4 Å². The van der Waals surface area contributed by atoms with Gasteiger partial charge in [0.25, 0.3) is 5.91 Å². The first-order chi connectivity index (χ1) is 14.9. The predicted octanol–water partition coefficient (Wildman–Crippen LogP) is 3.38. The zero-order chi connectivity index (χ0) is 22.6. The van der Waals surface area contributed by atoms with Crippen LogP contribution in [0, 0.1) is 0 Å². The lowest BCUT2D eigenvalue weighted by molar-refractivity contribution is -0.139. The van der Waals surface area contributed by atoms with Crippen LogP contribution in [0.1, 0.15) is 25.3 Å². The maximum Gasteiger partial charge on any atom is 0.329 e. The van der Waals surface area contributed by atoms with Gasteiger partial charge in [-0.2, -0.15) is 5.10 Å². The number of amides is 3. The molecule has 0 aliphatic rings. The molecule has 0 saturated heterocycles. The van der Waals surface area contributed by atoms with Crippen molar-refractivity contribution in [1.82, 2.24) is 10.7 Å². The molecule has 0 spiro atoms. The quantitative estimate of drug-likeness (QED) is 0.228. The van der Waals surface area contributed by atoms with Crippen LogP contribution < -0.4 is 20.8 Å². The highest BCUT2D eigenvalue weighted by molar-refractivity contribution is 6.36. The average Bonchev–Trinajstić information content (AvgIpc) is 2.75. The van der Waals surface area contributed by atoms with E-state index in [1.165, 1.54) is 12.3 Å². The molecule has 8 nitrogen and oxygen atoms in total. The van der Waals surface area contributed by atoms with Crippen LogP contribution in [0.2, 0.25) is 10.0 Å². The highest BCUT2D eigenvalue weighted by Gasteiger charge is 2.11. The monoisotopic (exact) mass is 464 g/mol. The summed E-state index contributed by atoms with van der Waals surface area (Å²) in [5, 5.41) is 9.67. The number of rotatable bonds is 9. The lowest BCUT2D eigenvalue weighted by Gasteiger charge is -2.09. The number of hydrogen-bond acceptors (Lipinski definition) is 5. The Bertz CT molecular complexity index is 949. The molecule has 31 heavy (non-hydrogen) atoms. The third-order valence-electron chi connectivity index (χ3n) is 3.86. The highest BCUT2D eigenvalue weighted by atomic mass is 35.5. The predicted molar refractivity (Wildman–Crippen MR) is 121 cm³/mol. The Morgan fingerprint density at radius 1 is 1.06 bits per heavy atom. The van der Waals surface area contributed by atoms with Crippen LogP contribution in [0.4, 0.5) is 5.69 Å². The van der Waals surface area contributed by atoms with Gasteiger partial charge >= 0.3 is 11.8 Å². The van der Waals surface area contributed by atoms with E-state index in [4.69, 9.17) is 27.9 Å². The molecule has 0 heterocycles. The summed E-state index contributed by atoms with van der Waals surface area (Å²) in [5.41, 5.74) is 3.26. The van der Waals surface area contributed by atoms with E-state index >= 15 is 0 Å². The molecule has 3 amide bonds. The molecule has 0 radical (unpaired) electrons. The fourth-order valence-corrected chi connectivity index (χ4v) is 2.71. The maximum absolute atomic E-state index is 12.0. The molecular formula is C21H22Cl2N4O4. The zero-order valence-electron chi connectivity index (χ0n) is 16.8. The van der Waals surface area contributed by atoms with Gasteiger partial charge in [-0.3, -0.25) is 14.4 Å². The molecule has 0 unspecified atom stereocenters. The normalized spacial score (nSPS) is 10.5. The van der Waals surface area contributed by atoms with Gasteiger partial charge in [-0.15, -0.1) is 0 Å². The van der Waals surface area contributed by atoms with Crippen molar-refractivity contribution in [1.29, 1.82) is 0 Å². The van der Waals surface area contributed by atoms with Crippen LogP contribution >= 0.6 is 23.2 Å². The molecule has 10 heteroatoms. The second kappa shape index (κ2) is 12.6. The number of hydrogen-bond donors (Lipinski definition) is 3. The Morgan fingerprint density at radius 3 is 2.48 bits per heavy atom. The minimum atomic E-state index is -0.834. The second-order valence-corrected chi connectivity index (χ2v) is 7.18. The number of nitrogens with one attached hydrogen (secondary N) is 3. The first-order valence-corrected chi connectivity index (χ1v) is 10.2. The maximum atomic E-state index is 12.0. The molecule has 0 aromatic heterocycles. The molecule has 2 aromatic rings. The smallest absolute Gasteiger partial charge is 0.329 e. The Balaban J connectivity index is 1.77. The van der Waals surface area contributed by atoms with Crippen LogP contribution in [0.15, 0.2) is 47.6 Å². The standard InChI is InChI=1S/C21H22Cl2N4O4/c1-2-3-10-24-20(29)21(30)27-25-12-14-4-7-16(8-5-14)31-13-19(28)26-18-9-6-15(22)11-17(18)23/h4-9,11-12H,2-3,10,13H2,1H3,(H,24,29)(H,26,28)(H,27,30)/b25-12-. The van der Waals surface area contributed by atoms with E-state index in [-0.39, 0.29) is 12.5 Å². The fourth-order valence-electron chi connectivity index (χ4n) is 2.25. The van der Waals surface area contributed by atoms with Crippen LogP contribution in [-0.4, -0.2) is 37.1 Å². The van der Waals surface area contributed by atoms with Crippen molar-refractivity contribution in [3.63, 3.8) is 0 Å². The fraction of sp³-hybridized carbons (Fsp3) is 0.238. The molecule has 2 rings (SSSR count). The van der Waals surface area contributed by atoms with Gasteiger partial charge in [-0.1, -0.05) is 36.5 Å². The lowest BCUT2D eigenvalue weighted by atomic mass is 10.2. The van der Waals surface area contributed by atoms with E-state index in [1.807, 2.05) is 6.92 Å².